The minimum Gasteiger partial charge on any atom is -0.493 e. The highest BCUT2D eigenvalue weighted by Gasteiger charge is 2.31. The first-order chi connectivity index (χ1) is 14.8. The molecule has 0 aliphatic carbocycles. The van der Waals surface area contributed by atoms with E-state index in [4.69, 9.17) is 4.74 Å². The van der Waals surface area contributed by atoms with Crippen molar-refractivity contribution in [2.24, 2.45) is 5.92 Å². The molecule has 1 aliphatic rings. The van der Waals surface area contributed by atoms with Crippen molar-refractivity contribution in [3.05, 3.63) is 77.9 Å². The van der Waals surface area contributed by atoms with E-state index in [0.717, 1.165) is 17.8 Å². The summed E-state index contributed by atoms with van der Waals surface area (Å²) in [5.41, 5.74) is -2.23. The van der Waals surface area contributed by atoms with Crippen LogP contribution in [0.25, 0.3) is 11.1 Å². The normalized spacial score (nSPS) is 18.2. The second-order valence-corrected chi connectivity index (χ2v) is 8.00. The lowest BCUT2D eigenvalue weighted by Crippen LogP contribution is -2.28. The van der Waals surface area contributed by atoms with Gasteiger partial charge in [0.2, 0.25) is 0 Å². The van der Waals surface area contributed by atoms with E-state index in [-0.39, 0.29) is 23.8 Å². The number of ether oxygens (including phenoxy) is 1. The number of alkyl halides is 3. The fraction of sp³-hybridized carbons (Fsp3) is 0.227. The monoisotopic (exact) mass is 450 g/mol. The van der Waals surface area contributed by atoms with Gasteiger partial charge >= 0.3 is 5.51 Å². The van der Waals surface area contributed by atoms with Crippen molar-refractivity contribution >= 4 is 17.6 Å². The van der Waals surface area contributed by atoms with Crippen LogP contribution in [0.15, 0.2) is 60.8 Å². The Morgan fingerprint density at radius 3 is 2.71 bits per heavy atom. The summed E-state index contributed by atoms with van der Waals surface area (Å²) in [5.74, 6) is -0.351. The third kappa shape index (κ3) is 5.11. The molecule has 1 aliphatic heterocycles. The molecule has 0 amide bonds. The van der Waals surface area contributed by atoms with Gasteiger partial charge in [-0.15, -0.1) is 0 Å². The van der Waals surface area contributed by atoms with E-state index >= 15 is 0 Å². The van der Waals surface area contributed by atoms with Gasteiger partial charge in [-0.25, -0.2) is 4.39 Å². The highest BCUT2D eigenvalue weighted by atomic mass is 32.2. The van der Waals surface area contributed by atoms with Crippen LogP contribution in [0.3, 0.4) is 0 Å². The summed E-state index contributed by atoms with van der Waals surface area (Å²) in [6, 6.07) is 14.0. The number of nitrogens with zero attached hydrogens (tertiary/aromatic N) is 1. The van der Waals surface area contributed by atoms with Crippen LogP contribution in [0.2, 0.25) is 0 Å². The molecule has 2 heterocycles. The van der Waals surface area contributed by atoms with Gasteiger partial charge in [0.1, 0.15) is 11.6 Å². The van der Waals surface area contributed by atoms with E-state index in [9.17, 15) is 22.7 Å². The highest BCUT2D eigenvalue weighted by molar-refractivity contribution is 8.01. The topological polar surface area (TPSA) is 54.4 Å². The Bertz CT molecular complexity index is 1060. The van der Waals surface area contributed by atoms with E-state index in [1.807, 2.05) is 18.2 Å². The van der Waals surface area contributed by atoms with E-state index in [1.165, 1.54) is 6.07 Å². The summed E-state index contributed by atoms with van der Waals surface area (Å²) in [6.07, 6.45) is 1.44. The average molecular weight is 450 g/mol. The standard InChI is InChI=1S/C22H18F4N2O2S/c23-15-5-7-19(28-31-22(24,25)26)18(11-15)13-4-6-17-20(10-13)30-12-14(21(17)29)9-16-3-1-2-8-27-16/h1-8,10-11,14,21,28-29H,9,12H2. The van der Waals surface area contributed by atoms with Crippen LogP contribution in [0.1, 0.15) is 17.4 Å². The van der Waals surface area contributed by atoms with Crippen LogP contribution >= 0.6 is 11.9 Å². The Hall–Kier alpha value is -2.78. The summed E-state index contributed by atoms with van der Waals surface area (Å²) >= 11 is -0.418. The van der Waals surface area contributed by atoms with Gasteiger partial charge in [0.25, 0.3) is 0 Å². The summed E-state index contributed by atoms with van der Waals surface area (Å²) < 4.78 is 59.7. The SMILES string of the molecule is OC1c2ccc(-c3cc(F)ccc3NSC(F)(F)F)cc2OCC1Cc1ccccn1. The molecule has 2 unspecified atom stereocenters. The van der Waals surface area contributed by atoms with Crippen LogP contribution in [0, 0.1) is 11.7 Å². The summed E-state index contributed by atoms with van der Waals surface area (Å²) in [6.45, 7) is 0.256. The molecule has 0 saturated heterocycles. The van der Waals surface area contributed by atoms with Crippen molar-refractivity contribution in [1.82, 2.24) is 4.98 Å². The lowest BCUT2D eigenvalue weighted by Gasteiger charge is -2.30. The van der Waals surface area contributed by atoms with Gasteiger partial charge in [-0.05, 0) is 48.4 Å². The summed E-state index contributed by atoms with van der Waals surface area (Å²) in [5, 5.41) is 10.8. The molecular formula is C22H18F4N2O2S. The zero-order valence-electron chi connectivity index (χ0n) is 16.1. The molecule has 31 heavy (non-hydrogen) atoms. The van der Waals surface area contributed by atoms with Crippen molar-refractivity contribution in [2.45, 2.75) is 18.0 Å². The molecule has 0 saturated carbocycles. The van der Waals surface area contributed by atoms with Crippen molar-refractivity contribution in [1.29, 1.82) is 0 Å². The molecule has 9 heteroatoms. The predicted octanol–water partition coefficient (Wildman–Crippen LogP) is 5.75. The molecule has 4 nitrogen and oxygen atoms in total. The summed E-state index contributed by atoms with van der Waals surface area (Å²) in [7, 11) is 0. The van der Waals surface area contributed by atoms with Gasteiger partial charge in [0.15, 0.2) is 0 Å². The Morgan fingerprint density at radius 1 is 1.13 bits per heavy atom. The number of anilines is 1. The zero-order chi connectivity index (χ0) is 22.0. The van der Waals surface area contributed by atoms with Crippen LogP contribution in [0.5, 0.6) is 5.75 Å². The first-order valence-electron chi connectivity index (χ1n) is 9.45. The maximum Gasteiger partial charge on any atom is 0.461 e. The highest BCUT2D eigenvalue weighted by Crippen LogP contribution is 2.41. The fourth-order valence-corrected chi connectivity index (χ4v) is 3.93. The van der Waals surface area contributed by atoms with Crippen molar-refractivity contribution in [3.8, 4) is 16.9 Å². The maximum absolute atomic E-state index is 13.8. The molecule has 0 bridgehead atoms. The van der Waals surface area contributed by atoms with Gasteiger partial charge in [-0.2, -0.15) is 13.2 Å². The van der Waals surface area contributed by atoms with E-state index < -0.39 is 29.4 Å². The second-order valence-electron chi connectivity index (χ2n) is 7.13. The zero-order valence-corrected chi connectivity index (χ0v) is 16.9. The Balaban J connectivity index is 1.59. The number of hydrogen-bond acceptors (Lipinski definition) is 5. The molecule has 2 aromatic carbocycles. The van der Waals surface area contributed by atoms with Gasteiger partial charge in [-0.1, -0.05) is 18.2 Å². The quantitative estimate of drug-likeness (QED) is 0.383. The lowest BCUT2D eigenvalue weighted by molar-refractivity contribution is -0.0323. The number of fused-ring (bicyclic) bond motifs is 1. The van der Waals surface area contributed by atoms with Gasteiger partial charge < -0.3 is 14.6 Å². The fourth-order valence-electron chi connectivity index (χ4n) is 3.53. The lowest BCUT2D eigenvalue weighted by atomic mass is 9.88. The first-order valence-corrected chi connectivity index (χ1v) is 10.3. The number of hydrogen-bond donors (Lipinski definition) is 2. The van der Waals surface area contributed by atoms with Gasteiger partial charge in [0.05, 0.1) is 30.3 Å². The Labute approximate surface area is 180 Å². The molecule has 3 aromatic rings. The van der Waals surface area contributed by atoms with Crippen LogP contribution in [0.4, 0.5) is 23.2 Å². The predicted molar refractivity (Wildman–Crippen MR) is 111 cm³/mol. The second kappa shape index (κ2) is 8.76. The smallest absolute Gasteiger partial charge is 0.461 e. The number of rotatable bonds is 5. The number of nitrogens with one attached hydrogen (secondary N) is 1. The van der Waals surface area contributed by atoms with E-state index in [0.29, 0.717) is 23.3 Å². The molecule has 2 atom stereocenters. The molecular weight excluding hydrogens is 432 g/mol. The van der Waals surface area contributed by atoms with Crippen molar-refractivity contribution in [3.63, 3.8) is 0 Å². The molecule has 0 spiro atoms. The number of pyridine rings is 1. The number of aromatic nitrogens is 1. The van der Waals surface area contributed by atoms with E-state index in [1.54, 1.807) is 24.4 Å². The third-order valence-electron chi connectivity index (χ3n) is 5.00. The minimum absolute atomic E-state index is 0.119. The number of aliphatic hydroxyl groups excluding tert-OH is 1. The Morgan fingerprint density at radius 2 is 1.97 bits per heavy atom. The molecule has 162 valence electrons. The maximum atomic E-state index is 13.8. The molecule has 0 radical (unpaired) electrons. The van der Waals surface area contributed by atoms with Crippen LogP contribution in [-0.4, -0.2) is 22.2 Å². The molecule has 2 N–H and O–H groups in total. The molecule has 0 fully saturated rings. The van der Waals surface area contributed by atoms with Crippen LogP contribution < -0.4 is 9.46 Å². The first kappa shape index (κ1) is 21.5. The third-order valence-corrected chi connectivity index (χ3v) is 5.55. The Kier molecular flexibility index (Phi) is 6.06. The largest absolute Gasteiger partial charge is 0.493 e. The molecule has 4 rings (SSSR count). The van der Waals surface area contributed by atoms with Gasteiger partial charge in [0, 0.05) is 28.9 Å². The van der Waals surface area contributed by atoms with Crippen molar-refractivity contribution < 1.29 is 27.4 Å². The van der Waals surface area contributed by atoms with Crippen LogP contribution in [-0.2, 0) is 6.42 Å². The van der Waals surface area contributed by atoms with Crippen molar-refractivity contribution in [2.75, 3.05) is 11.3 Å². The van der Waals surface area contributed by atoms with Gasteiger partial charge in [-0.3, -0.25) is 4.98 Å². The average Bonchev–Trinajstić information content (AvgIpc) is 2.75. The number of halogens is 4. The van der Waals surface area contributed by atoms with E-state index in [2.05, 4.69) is 9.71 Å². The molecule has 1 aromatic heterocycles. The number of aliphatic hydroxyl groups is 1. The number of benzene rings is 2. The minimum atomic E-state index is -4.49. The summed E-state index contributed by atoms with van der Waals surface area (Å²) in [4.78, 5) is 4.28.